The van der Waals surface area contributed by atoms with E-state index in [0.29, 0.717) is 5.75 Å². The summed E-state index contributed by atoms with van der Waals surface area (Å²) < 4.78 is 26.0. The molecule has 1 rings (SSSR count). The standard InChI is InChI=1S/C10H10O4S/c1-7(2)10(11)14-8-3-5-9(6-4-8)15(12)13/h3-6,15H,1H2,2H3. The van der Waals surface area contributed by atoms with Crippen molar-refractivity contribution in [2.24, 2.45) is 0 Å². The van der Waals surface area contributed by atoms with E-state index in [0.717, 1.165) is 0 Å². The number of rotatable bonds is 3. The maximum Gasteiger partial charge on any atom is 0.338 e. The summed E-state index contributed by atoms with van der Waals surface area (Å²) in [5.74, 6) is -0.238. The maximum atomic E-state index is 11.1. The molecule has 0 atom stereocenters. The van der Waals surface area contributed by atoms with Gasteiger partial charge in [-0.2, -0.15) is 0 Å². The van der Waals surface area contributed by atoms with Gasteiger partial charge in [0.25, 0.3) is 0 Å². The zero-order chi connectivity index (χ0) is 11.4. The van der Waals surface area contributed by atoms with Crippen LogP contribution in [-0.2, 0) is 15.5 Å². The first-order chi connectivity index (χ1) is 7.00. The normalized spacial score (nSPS) is 10.0. The molecule has 0 amide bonds. The Kier molecular flexibility index (Phi) is 3.62. The molecule has 0 heterocycles. The molecule has 0 aliphatic rings. The van der Waals surface area contributed by atoms with Crippen LogP contribution in [0.2, 0.25) is 0 Å². The van der Waals surface area contributed by atoms with E-state index in [-0.39, 0.29) is 10.5 Å². The van der Waals surface area contributed by atoms with Crippen molar-refractivity contribution in [1.82, 2.24) is 0 Å². The van der Waals surface area contributed by atoms with Gasteiger partial charge in [0, 0.05) is 5.57 Å². The van der Waals surface area contributed by atoms with Gasteiger partial charge >= 0.3 is 5.97 Å². The molecule has 1 aromatic carbocycles. The number of carbonyl (C=O) groups is 1. The highest BCUT2D eigenvalue weighted by Gasteiger charge is 2.05. The van der Waals surface area contributed by atoms with E-state index in [1.165, 1.54) is 31.2 Å². The minimum atomic E-state index is -2.60. The summed E-state index contributed by atoms with van der Waals surface area (Å²) in [6.45, 7) is 4.96. The van der Waals surface area contributed by atoms with Crippen molar-refractivity contribution in [2.75, 3.05) is 0 Å². The van der Waals surface area contributed by atoms with Crippen molar-refractivity contribution in [3.05, 3.63) is 36.4 Å². The second-order valence-corrected chi connectivity index (χ2v) is 3.95. The molecule has 0 spiro atoms. The van der Waals surface area contributed by atoms with Gasteiger partial charge in [0.15, 0.2) is 10.7 Å². The fraction of sp³-hybridized carbons (Fsp3) is 0.100. The van der Waals surface area contributed by atoms with Crippen LogP contribution in [0.1, 0.15) is 6.92 Å². The minimum Gasteiger partial charge on any atom is -0.423 e. The van der Waals surface area contributed by atoms with Crippen molar-refractivity contribution in [3.8, 4) is 5.75 Å². The topological polar surface area (TPSA) is 60.4 Å². The number of hydrogen-bond acceptors (Lipinski definition) is 4. The third-order valence-corrected chi connectivity index (χ3v) is 2.33. The molecule has 0 aliphatic heterocycles. The SMILES string of the molecule is C=C(C)C(=O)Oc1ccc([SH](=O)=O)cc1. The Labute approximate surface area is 89.1 Å². The van der Waals surface area contributed by atoms with E-state index in [9.17, 15) is 13.2 Å². The van der Waals surface area contributed by atoms with Gasteiger partial charge in [-0.05, 0) is 31.2 Å². The molecule has 1 aromatic rings. The van der Waals surface area contributed by atoms with Crippen molar-refractivity contribution >= 4 is 16.7 Å². The van der Waals surface area contributed by atoms with E-state index < -0.39 is 16.7 Å². The van der Waals surface area contributed by atoms with Crippen LogP contribution < -0.4 is 4.74 Å². The number of carbonyl (C=O) groups excluding carboxylic acids is 1. The molecule has 0 aliphatic carbocycles. The van der Waals surface area contributed by atoms with Gasteiger partial charge in [-0.1, -0.05) is 6.58 Å². The first-order valence-electron chi connectivity index (χ1n) is 4.13. The van der Waals surface area contributed by atoms with Gasteiger partial charge in [-0.25, -0.2) is 13.2 Å². The average molecular weight is 226 g/mol. The lowest BCUT2D eigenvalue weighted by molar-refractivity contribution is -0.130. The second-order valence-electron chi connectivity index (χ2n) is 2.92. The number of esters is 1. The van der Waals surface area contributed by atoms with E-state index in [1.807, 2.05) is 0 Å². The molecular weight excluding hydrogens is 216 g/mol. The average Bonchev–Trinajstić information content (AvgIpc) is 2.18. The predicted octanol–water partition coefficient (Wildman–Crippen LogP) is 1.14. The van der Waals surface area contributed by atoms with Gasteiger partial charge in [-0.3, -0.25) is 0 Å². The molecule has 80 valence electrons. The zero-order valence-corrected chi connectivity index (χ0v) is 8.99. The van der Waals surface area contributed by atoms with E-state index in [4.69, 9.17) is 4.74 Å². The molecule has 5 heteroatoms. The molecule has 0 aromatic heterocycles. The molecule has 15 heavy (non-hydrogen) atoms. The highest BCUT2D eigenvalue weighted by molar-refractivity contribution is 7.72. The molecule has 0 radical (unpaired) electrons. The lowest BCUT2D eigenvalue weighted by Crippen LogP contribution is -2.07. The molecule has 0 N–H and O–H groups in total. The number of thiol groups is 1. The minimum absolute atomic E-state index is 0.181. The van der Waals surface area contributed by atoms with E-state index in [2.05, 4.69) is 6.58 Å². The molecular formula is C10H10O4S. The zero-order valence-electron chi connectivity index (χ0n) is 8.10. The van der Waals surface area contributed by atoms with E-state index in [1.54, 1.807) is 0 Å². The third-order valence-electron chi connectivity index (χ3n) is 1.61. The predicted molar refractivity (Wildman–Crippen MR) is 55.5 cm³/mol. The first-order valence-corrected chi connectivity index (χ1v) is 5.30. The Hall–Kier alpha value is -1.62. The largest absolute Gasteiger partial charge is 0.423 e. The molecule has 4 nitrogen and oxygen atoms in total. The quantitative estimate of drug-likeness (QED) is 0.363. The van der Waals surface area contributed by atoms with Crippen LogP contribution in [-0.4, -0.2) is 14.4 Å². The number of ether oxygens (including phenoxy) is 1. The Morgan fingerprint density at radius 2 is 1.80 bits per heavy atom. The summed E-state index contributed by atoms with van der Waals surface area (Å²) in [7, 11) is -2.60. The molecule has 0 saturated heterocycles. The van der Waals surface area contributed by atoms with Gasteiger partial charge in [0.1, 0.15) is 5.75 Å². The molecule has 0 saturated carbocycles. The summed E-state index contributed by atoms with van der Waals surface area (Å²) >= 11 is 0. The second kappa shape index (κ2) is 4.75. The van der Waals surface area contributed by atoms with Gasteiger partial charge < -0.3 is 4.74 Å². The van der Waals surface area contributed by atoms with Crippen molar-refractivity contribution in [3.63, 3.8) is 0 Å². The lowest BCUT2D eigenvalue weighted by atomic mass is 10.3. The summed E-state index contributed by atoms with van der Waals surface area (Å²) in [5, 5.41) is 0. The fourth-order valence-corrected chi connectivity index (χ4v) is 1.22. The Morgan fingerprint density at radius 3 is 2.20 bits per heavy atom. The Morgan fingerprint density at radius 1 is 1.27 bits per heavy atom. The van der Waals surface area contributed by atoms with Crippen LogP contribution in [0.4, 0.5) is 0 Å². The summed E-state index contributed by atoms with van der Waals surface area (Å²) in [4.78, 5) is 11.3. The highest BCUT2D eigenvalue weighted by Crippen LogP contribution is 2.13. The Balaban J connectivity index is 2.81. The van der Waals surface area contributed by atoms with Crippen molar-refractivity contribution in [2.45, 2.75) is 11.8 Å². The first kappa shape index (κ1) is 11.5. The summed E-state index contributed by atoms with van der Waals surface area (Å²) in [6.07, 6.45) is 0. The van der Waals surface area contributed by atoms with Crippen molar-refractivity contribution < 1.29 is 17.9 Å². The fourth-order valence-electron chi connectivity index (χ4n) is 0.830. The number of benzene rings is 1. The van der Waals surface area contributed by atoms with Crippen LogP contribution in [0, 0.1) is 0 Å². The maximum absolute atomic E-state index is 11.1. The monoisotopic (exact) mass is 226 g/mol. The van der Waals surface area contributed by atoms with Crippen molar-refractivity contribution in [1.29, 1.82) is 0 Å². The lowest BCUT2D eigenvalue weighted by Gasteiger charge is -2.02. The van der Waals surface area contributed by atoms with Crippen LogP contribution >= 0.6 is 0 Å². The van der Waals surface area contributed by atoms with Gasteiger partial charge in [0.2, 0.25) is 0 Å². The summed E-state index contributed by atoms with van der Waals surface area (Å²) in [5.41, 5.74) is 0.286. The molecule has 0 unspecified atom stereocenters. The van der Waals surface area contributed by atoms with Crippen LogP contribution in [0.5, 0.6) is 5.75 Å². The smallest absolute Gasteiger partial charge is 0.338 e. The molecule has 0 fully saturated rings. The third kappa shape index (κ3) is 3.21. The van der Waals surface area contributed by atoms with Crippen LogP contribution in [0.25, 0.3) is 0 Å². The molecule has 0 bridgehead atoms. The van der Waals surface area contributed by atoms with Crippen LogP contribution in [0.15, 0.2) is 41.3 Å². The van der Waals surface area contributed by atoms with Gasteiger partial charge in [-0.15, -0.1) is 0 Å². The van der Waals surface area contributed by atoms with Crippen LogP contribution in [0.3, 0.4) is 0 Å². The Bertz CT molecular complexity index is 449. The summed E-state index contributed by atoms with van der Waals surface area (Å²) in [6, 6.07) is 5.57. The highest BCUT2D eigenvalue weighted by atomic mass is 32.2. The van der Waals surface area contributed by atoms with E-state index >= 15 is 0 Å². The van der Waals surface area contributed by atoms with Gasteiger partial charge in [0.05, 0.1) is 4.90 Å². The number of hydrogen-bond donors (Lipinski definition) is 1.